The van der Waals surface area contributed by atoms with Crippen LogP contribution < -0.4 is 16.0 Å². The number of fused-ring (bicyclic) bond motifs is 1. The third-order valence-electron chi connectivity index (χ3n) is 5.39. The first-order chi connectivity index (χ1) is 14.0. The van der Waals surface area contributed by atoms with E-state index in [1.165, 1.54) is 10.9 Å². The molecule has 4 rings (SSSR count). The minimum atomic E-state index is -0.371. The molecule has 2 aromatic heterocycles. The smallest absolute Gasteiger partial charge is 0.257 e. The highest BCUT2D eigenvalue weighted by Gasteiger charge is 2.22. The van der Waals surface area contributed by atoms with E-state index in [0.717, 1.165) is 48.1 Å². The van der Waals surface area contributed by atoms with E-state index in [1.807, 2.05) is 35.0 Å². The Kier molecular flexibility index (Phi) is 5.35. The molecule has 152 valence electrons. The Labute approximate surface area is 168 Å². The van der Waals surface area contributed by atoms with Gasteiger partial charge in [0.25, 0.3) is 5.56 Å². The number of hydrogen-bond donors (Lipinski definition) is 1. The van der Waals surface area contributed by atoms with Crippen molar-refractivity contribution in [3.63, 3.8) is 0 Å². The molecule has 0 unspecified atom stereocenters. The number of primary amides is 1. The van der Waals surface area contributed by atoms with Gasteiger partial charge >= 0.3 is 0 Å². The van der Waals surface area contributed by atoms with Crippen molar-refractivity contribution < 1.29 is 9.53 Å². The van der Waals surface area contributed by atoms with Crippen LogP contribution in [0.25, 0.3) is 10.9 Å². The highest BCUT2D eigenvalue weighted by Crippen LogP contribution is 2.29. The van der Waals surface area contributed by atoms with Crippen LogP contribution in [0.5, 0.6) is 5.75 Å². The third kappa shape index (κ3) is 4.17. The van der Waals surface area contributed by atoms with Gasteiger partial charge in [-0.25, -0.2) is 4.98 Å². The number of piperidine rings is 1. The zero-order chi connectivity index (χ0) is 20.4. The number of likely N-dealkylation sites (tertiary alicyclic amines) is 1. The summed E-state index contributed by atoms with van der Waals surface area (Å²) in [6.07, 6.45) is 6.94. The molecule has 0 bridgehead atoms. The number of carbonyl (C=O) groups excluding carboxylic acids is 1. The number of ether oxygens (including phenoxy) is 1. The van der Waals surface area contributed by atoms with Crippen molar-refractivity contribution in [1.82, 2.24) is 19.0 Å². The maximum Gasteiger partial charge on any atom is 0.257 e. The maximum atomic E-state index is 12.2. The lowest BCUT2D eigenvalue weighted by atomic mass is 10.1. The molecular weight excluding hydrogens is 370 g/mol. The van der Waals surface area contributed by atoms with Gasteiger partial charge in [0.15, 0.2) is 0 Å². The lowest BCUT2D eigenvalue weighted by Crippen LogP contribution is -2.39. The Bertz CT molecular complexity index is 1080. The van der Waals surface area contributed by atoms with E-state index in [0.29, 0.717) is 6.54 Å². The summed E-state index contributed by atoms with van der Waals surface area (Å²) in [5.74, 6) is 0.454. The molecule has 1 saturated heterocycles. The maximum absolute atomic E-state index is 12.2. The fourth-order valence-electron chi connectivity index (χ4n) is 3.88. The van der Waals surface area contributed by atoms with Crippen LogP contribution in [0.2, 0.25) is 0 Å². The van der Waals surface area contributed by atoms with Crippen LogP contribution in [-0.2, 0) is 24.9 Å². The Balaban J connectivity index is 1.40. The molecule has 2 N–H and O–H groups in total. The summed E-state index contributed by atoms with van der Waals surface area (Å²) >= 11 is 0. The second-order valence-electron chi connectivity index (χ2n) is 7.53. The van der Waals surface area contributed by atoms with Crippen LogP contribution in [0, 0.1) is 0 Å². The molecule has 1 aromatic carbocycles. The van der Waals surface area contributed by atoms with E-state index >= 15 is 0 Å². The number of nitrogens with two attached hydrogens (primary N) is 1. The van der Waals surface area contributed by atoms with Crippen molar-refractivity contribution in [2.75, 3.05) is 13.1 Å². The molecule has 1 fully saturated rings. The van der Waals surface area contributed by atoms with E-state index < -0.39 is 0 Å². The average molecular weight is 395 g/mol. The summed E-state index contributed by atoms with van der Waals surface area (Å²) in [4.78, 5) is 29.8. The second-order valence-corrected chi connectivity index (χ2v) is 7.53. The van der Waals surface area contributed by atoms with Gasteiger partial charge in [-0.15, -0.1) is 0 Å². The number of nitrogens with zero attached hydrogens (tertiary/aromatic N) is 4. The number of amides is 1. The van der Waals surface area contributed by atoms with Gasteiger partial charge in [0.05, 0.1) is 11.8 Å². The van der Waals surface area contributed by atoms with Crippen LogP contribution in [0.3, 0.4) is 0 Å². The lowest BCUT2D eigenvalue weighted by molar-refractivity contribution is -0.118. The quantitative estimate of drug-likeness (QED) is 0.678. The molecule has 0 saturated carbocycles. The van der Waals surface area contributed by atoms with Gasteiger partial charge in [0, 0.05) is 50.0 Å². The van der Waals surface area contributed by atoms with Crippen LogP contribution in [0.1, 0.15) is 18.4 Å². The largest absolute Gasteiger partial charge is 0.490 e. The van der Waals surface area contributed by atoms with Crippen molar-refractivity contribution in [3.05, 3.63) is 58.9 Å². The highest BCUT2D eigenvalue weighted by molar-refractivity contribution is 5.87. The summed E-state index contributed by atoms with van der Waals surface area (Å²) in [6, 6.07) is 7.81. The Hall–Kier alpha value is -3.13. The summed E-state index contributed by atoms with van der Waals surface area (Å²) in [7, 11) is 1.72. The Morgan fingerprint density at radius 1 is 1.28 bits per heavy atom. The summed E-state index contributed by atoms with van der Waals surface area (Å²) in [6.45, 7) is 2.49. The van der Waals surface area contributed by atoms with Gasteiger partial charge in [-0.3, -0.25) is 14.5 Å². The molecule has 0 atom stereocenters. The van der Waals surface area contributed by atoms with Crippen molar-refractivity contribution in [1.29, 1.82) is 0 Å². The van der Waals surface area contributed by atoms with Crippen molar-refractivity contribution in [2.45, 2.75) is 32.0 Å². The predicted octanol–water partition coefficient (Wildman–Crippen LogP) is 1.26. The Morgan fingerprint density at radius 3 is 2.83 bits per heavy atom. The number of benzene rings is 1. The average Bonchev–Trinajstić information content (AvgIpc) is 3.10. The first kappa shape index (κ1) is 19.2. The monoisotopic (exact) mass is 395 g/mol. The third-order valence-corrected chi connectivity index (χ3v) is 5.39. The first-order valence-corrected chi connectivity index (χ1v) is 9.76. The topological polar surface area (TPSA) is 95.4 Å². The van der Waals surface area contributed by atoms with Crippen LogP contribution in [0.4, 0.5) is 0 Å². The van der Waals surface area contributed by atoms with Gasteiger partial charge in [-0.1, -0.05) is 6.07 Å². The van der Waals surface area contributed by atoms with Gasteiger partial charge in [0.2, 0.25) is 5.91 Å². The van der Waals surface area contributed by atoms with Crippen LogP contribution in [-0.4, -0.2) is 44.1 Å². The molecule has 29 heavy (non-hydrogen) atoms. The molecule has 8 heteroatoms. The second kappa shape index (κ2) is 8.08. The Morgan fingerprint density at radius 2 is 2.07 bits per heavy atom. The number of rotatable bonds is 6. The first-order valence-electron chi connectivity index (χ1n) is 9.76. The van der Waals surface area contributed by atoms with Crippen LogP contribution in [0.15, 0.2) is 47.8 Å². The standard InChI is InChI=1S/C21H25N5O3/c1-24-14-23-11-15(21(24)28)12-25-8-5-16(6-9-25)29-19-4-2-3-18-17(19)7-10-26(18)13-20(22)27/h2-4,7,10-11,14,16H,5-6,8-9,12-13H2,1H3,(H2,22,27). The lowest BCUT2D eigenvalue weighted by Gasteiger charge is -2.32. The highest BCUT2D eigenvalue weighted by atomic mass is 16.5. The minimum Gasteiger partial charge on any atom is -0.490 e. The summed E-state index contributed by atoms with van der Waals surface area (Å²) < 4.78 is 9.64. The molecule has 0 aliphatic carbocycles. The molecule has 1 amide bonds. The zero-order valence-corrected chi connectivity index (χ0v) is 16.5. The molecular formula is C21H25N5O3. The number of carbonyl (C=O) groups is 1. The van der Waals surface area contributed by atoms with Crippen molar-refractivity contribution in [3.8, 4) is 5.75 Å². The van der Waals surface area contributed by atoms with Gasteiger partial charge in [-0.05, 0) is 31.0 Å². The number of hydrogen-bond acceptors (Lipinski definition) is 5. The molecule has 3 heterocycles. The fourth-order valence-corrected chi connectivity index (χ4v) is 3.88. The number of aryl methyl sites for hydroxylation is 1. The number of aromatic nitrogens is 3. The normalized spacial score (nSPS) is 15.6. The van der Waals surface area contributed by atoms with Crippen LogP contribution >= 0.6 is 0 Å². The molecule has 3 aromatic rings. The van der Waals surface area contributed by atoms with Gasteiger partial charge < -0.3 is 19.6 Å². The molecule has 1 aliphatic heterocycles. The molecule has 0 spiro atoms. The summed E-state index contributed by atoms with van der Waals surface area (Å²) in [5, 5.41) is 0.982. The van der Waals surface area contributed by atoms with Gasteiger partial charge in [-0.2, -0.15) is 0 Å². The molecule has 8 nitrogen and oxygen atoms in total. The summed E-state index contributed by atoms with van der Waals surface area (Å²) in [5.41, 5.74) is 6.99. The van der Waals surface area contributed by atoms with Crippen molar-refractivity contribution in [2.24, 2.45) is 12.8 Å². The molecule has 0 radical (unpaired) electrons. The minimum absolute atomic E-state index is 0.00511. The molecule has 1 aliphatic rings. The van der Waals surface area contributed by atoms with Crippen molar-refractivity contribution >= 4 is 16.8 Å². The van der Waals surface area contributed by atoms with Gasteiger partial charge in [0.1, 0.15) is 18.4 Å². The SMILES string of the molecule is Cn1cncc(CN2CCC(Oc3cccc4c3ccn4CC(N)=O)CC2)c1=O. The van der Waals surface area contributed by atoms with E-state index in [4.69, 9.17) is 10.5 Å². The van der Waals surface area contributed by atoms with E-state index in [1.54, 1.807) is 13.2 Å². The van der Waals surface area contributed by atoms with E-state index in [9.17, 15) is 9.59 Å². The van der Waals surface area contributed by atoms with E-state index in [-0.39, 0.29) is 24.1 Å². The van der Waals surface area contributed by atoms with E-state index in [2.05, 4.69) is 9.88 Å². The predicted molar refractivity (Wildman–Crippen MR) is 110 cm³/mol. The zero-order valence-electron chi connectivity index (χ0n) is 16.5. The fraction of sp³-hybridized carbons (Fsp3) is 0.381.